The van der Waals surface area contributed by atoms with Gasteiger partial charge in [0.25, 0.3) is 0 Å². The molecule has 0 atom stereocenters. The topological polar surface area (TPSA) is 29.3 Å². The highest BCUT2D eigenvalue weighted by molar-refractivity contribution is 5.59. The lowest BCUT2D eigenvalue weighted by Crippen LogP contribution is -2.22. The Kier molecular flexibility index (Phi) is 3.43. The van der Waals surface area contributed by atoms with Crippen molar-refractivity contribution in [2.75, 3.05) is 24.5 Å². The quantitative estimate of drug-likeness (QED) is 0.865. The zero-order chi connectivity index (χ0) is 12.5. The molecule has 0 amide bonds. The summed E-state index contributed by atoms with van der Waals surface area (Å²) in [7, 11) is 0. The second-order valence-electron chi connectivity index (χ2n) is 5.60. The number of nitrogens with two attached hydrogens (primary N) is 1. The van der Waals surface area contributed by atoms with Crippen LogP contribution in [0, 0.1) is 0 Å². The highest BCUT2D eigenvalue weighted by Gasteiger charge is 2.23. The van der Waals surface area contributed by atoms with E-state index in [1.165, 1.54) is 29.8 Å². The predicted molar refractivity (Wildman–Crippen MR) is 74.7 cm³/mol. The number of anilines is 1. The monoisotopic (exact) mass is 232 g/mol. The van der Waals surface area contributed by atoms with Crippen molar-refractivity contribution in [1.82, 2.24) is 0 Å². The van der Waals surface area contributed by atoms with Gasteiger partial charge in [-0.25, -0.2) is 0 Å². The summed E-state index contributed by atoms with van der Waals surface area (Å²) in [6, 6.07) is 6.96. The molecule has 2 nitrogen and oxygen atoms in total. The van der Waals surface area contributed by atoms with Gasteiger partial charge in [-0.05, 0) is 48.9 Å². The molecule has 1 heterocycles. The summed E-state index contributed by atoms with van der Waals surface area (Å²) in [6.45, 7) is 9.83. The van der Waals surface area contributed by atoms with Gasteiger partial charge in [0.05, 0.1) is 0 Å². The van der Waals surface area contributed by atoms with Crippen LogP contribution in [-0.4, -0.2) is 19.6 Å². The Morgan fingerprint density at radius 1 is 1.35 bits per heavy atom. The van der Waals surface area contributed by atoms with E-state index in [1.54, 1.807) is 0 Å². The minimum atomic E-state index is 0.198. The molecule has 0 radical (unpaired) electrons. The van der Waals surface area contributed by atoms with E-state index < -0.39 is 0 Å². The van der Waals surface area contributed by atoms with Crippen molar-refractivity contribution in [2.24, 2.45) is 5.73 Å². The fourth-order valence-corrected chi connectivity index (χ4v) is 2.72. The van der Waals surface area contributed by atoms with Crippen LogP contribution in [-0.2, 0) is 11.8 Å². The molecule has 1 aliphatic heterocycles. The first-order valence-corrected chi connectivity index (χ1v) is 6.67. The van der Waals surface area contributed by atoms with Crippen LogP contribution in [0.3, 0.4) is 0 Å². The Balaban J connectivity index is 2.29. The molecule has 1 aliphatic rings. The Hall–Kier alpha value is -1.02. The Labute approximate surface area is 105 Å². The average Bonchev–Trinajstić information content (AvgIpc) is 2.70. The lowest BCUT2D eigenvalue weighted by Gasteiger charge is -2.26. The van der Waals surface area contributed by atoms with Crippen LogP contribution in [0.2, 0.25) is 0 Å². The zero-order valence-electron chi connectivity index (χ0n) is 11.3. The van der Waals surface area contributed by atoms with Gasteiger partial charge in [0.2, 0.25) is 0 Å². The summed E-state index contributed by atoms with van der Waals surface area (Å²) in [5, 5.41) is 0. The van der Waals surface area contributed by atoms with Crippen LogP contribution in [0.15, 0.2) is 18.2 Å². The molecular weight excluding hydrogens is 208 g/mol. The van der Waals surface area contributed by atoms with E-state index in [-0.39, 0.29) is 5.41 Å². The summed E-state index contributed by atoms with van der Waals surface area (Å²) < 4.78 is 0. The molecule has 1 aromatic rings. The van der Waals surface area contributed by atoms with Crippen molar-refractivity contribution < 1.29 is 0 Å². The van der Waals surface area contributed by atoms with Crippen LogP contribution in [0.1, 0.15) is 38.3 Å². The molecule has 0 spiro atoms. The third-order valence-electron chi connectivity index (χ3n) is 4.00. The standard InChI is InChI=1S/C15H24N2/c1-4-17-10-7-12-11-13(5-6-14(12)17)15(2,3)8-9-16/h5-6,11H,4,7-10,16H2,1-3H3. The van der Waals surface area contributed by atoms with Gasteiger partial charge in [-0.1, -0.05) is 26.0 Å². The maximum atomic E-state index is 5.70. The lowest BCUT2D eigenvalue weighted by molar-refractivity contribution is 0.487. The molecule has 0 saturated carbocycles. The van der Waals surface area contributed by atoms with Crippen LogP contribution >= 0.6 is 0 Å². The highest BCUT2D eigenvalue weighted by atomic mass is 15.1. The summed E-state index contributed by atoms with van der Waals surface area (Å²) >= 11 is 0. The molecule has 2 rings (SSSR count). The van der Waals surface area contributed by atoms with Crippen molar-refractivity contribution >= 4 is 5.69 Å². The zero-order valence-corrected chi connectivity index (χ0v) is 11.3. The Morgan fingerprint density at radius 3 is 2.76 bits per heavy atom. The van der Waals surface area contributed by atoms with E-state index >= 15 is 0 Å². The molecule has 0 bridgehead atoms. The maximum absolute atomic E-state index is 5.70. The van der Waals surface area contributed by atoms with Crippen molar-refractivity contribution in [3.05, 3.63) is 29.3 Å². The van der Waals surface area contributed by atoms with Gasteiger partial charge in [-0.2, -0.15) is 0 Å². The van der Waals surface area contributed by atoms with Crippen LogP contribution in [0.25, 0.3) is 0 Å². The van der Waals surface area contributed by atoms with Crippen LogP contribution < -0.4 is 10.6 Å². The molecular formula is C15H24N2. The first-order chi connectivity index (χ1) is 8.08. The van der Waals surface area contributed by atoms with Gasteiger partial charge in [-0.3, -0.25) is 0 Å². The van der Waals surface area contributed by atoms with Crippen LogP contribution in [0.4, 0.5) is 5.69 Å². The number of likely N-dealkylation sites (N-methyl/N-ethyl adjacent to an activating group) is 1. The third kappa shape index (κ3) is 2.32. The minimum Gasteiger partial charge on any atom is -0.371 e. The summed E-state index contributed by atoms with van der Waals surface area (Å²) in [4.78, 5) is 2.45. The fraction of sp³-hybridized carbons (Fsp3) is 0.600. The lowest BCUT2D eigenvalue weighted by atomic mass is 9.81. The van der Waals surface area contributed by atoms with Gasteiger partial charge in [0, 0.05) is 18.8 Å². The van der Waals surface area contributed by atoms with Crippen molar-refractivity contribution in [3.63, 3.8) is 0 Å². The van der Waals surface area contributed by atoms with Gasteiger partial charge in [-0.15, -0.1) is 0 Å². The molecule has 94 valence electrons. The SMILES string of the molecule is CCN1CCc2cc(C(C)(C)CCN)ccc21. The number of nitrogens with zero attached hydrogens (tertiary/aromatic N) is 1. The number of fused-ring (bicyclic) bond motifs is 1. The van der Waals surface area contributed by atoms with Crippen molar-refractivity contribution in [1.29, 1.82) is 0 Å². The molecule has 2 heteroatoms. The number of hydrogen-bond acceptors (Lipinski definition) is 2. The first kappa shape index (κ1) is 12.4. The number of hydrogen-bond donors (Lipinski definition) is 1. The molecule has 17 heavy (non-hydrogen) atoms. The van der Waals surface area contributed by atoms with E-state index in [0.717, 1.165) is 19.5 Å². The Bertz CT molecular complexity index is 396. The third-order valence-corrected chi connectivity index (χ3v) is 4.00. The first-order valence-electron chi connectivity index (χ1n) is 6.67. The second kappa shape index (κ2) is 4.69. The highest BCUT2D eigenvalue weighted by Crippen LogP contribution is 2.34. The summed E-state index contributed by atoms with van der Waals surface area (Å²) in [6.07, 6.45) is 2.24. The van der Waals surface area contributed by atoms with Crippen molar-refractivity contribution in [3.8, 4) is 0 Å². The summed E-state index contributed by atoms with van der Waals surface area (Å²) in [5.74, 6) is 0. The van der Waals surface area contributed by atoms with Gasteiger partial charge >= 0.3 is 0 Å². The predicted octanol–water partition coefficient (Wildman–Crippen LogP) is 2.70. The average molecular weight is 232 g/mol. The molecule has 0 fully saturated rings. The van der Waals surface area contributed by atoms with Gasteiger partial charge in [0.1, 0.15) is 0 Å². The second-order valence-corrected chi connectivity index (χ2v) is 5.60. The molecule has 0 aliphatic carbocycles. The van der Waals surface area contributed by atoms with E-state index in [2.05, 4.69) is 43.9 Å². The van der Waals surface area contributed by atoms with E-state index in [1.807, 2.05) is 0 Å². The van der Waals surface area contributed by atoms with Crippen LogP contribution in [0.5, 0.6) is 0 Å². The van der Waals surface area contributed by atoms with E-state index in [0.29, 0.717) is 0 Å². The summed E-state index contributed by atoms with van der Waals surface area (Å²) in [5.41, 5.74) is 10.3. The fourth-order valence-electron chi connectivity index (χ4n) is 2.72. The smallest absolute Gasteiger partial charge is 0.0399 e. The molecule has 1 aromatic carbocycles. The molecule has 0 unspecified atom stereocenters. The van der Waals surface area contributed by atoms with Gasteiger partial charge < -0.3 is 10.6 Å². The Morgan fingerprint density at radius 2 is 2.12 bits per heavy atom. The molecule has 0 saturated heterocycles. The normalized spacial score (nSPS) is 15.2. The number of rotatable bonds is 4. The van der Waals surface area contributed by atoms with Crippen molar-refractivity contribution in [2.45, 2.75) is 39.0 Å². The largest absolute Gasteiger partial charge is 0.371 e. The van der Waals surface area contributed by atoms with E-state index in [9.17, 15) is 0 Å². The maximum Gasteiger partial charge on any atom is 0.0399 e. The van der Waals surface area contributed by atoms with Gasteiger partial charge in [0.15, 0.2) is 0 Å². The molecule has 0 aromatic heterocycles. The minimum absolute atomic E-state index is 0.198. The van der Waals surface area contributed by atoms with E-state index in [4.69, 9.17) is 5.73 Å². The molecule has 2 N–H and O–H groups in total. The number of benzene rings is 1.